The van der Waals surface area contributed by atoms with Gasteiger partial charge in [0.15, 0.2) is 0 Å². The standard InChI is InChI=1S/C57H38N2S/c1-57(2)46-20-11-13-35-23-24-38-33-41(34-47(57)55(38)54(35)46)58(39-14-5-3-6-15-39)48-31-27-36-26-30-45-49(32-28-37-25-29-44(48)52(36)53(37)45)59(40-16-7-4-8-17-40)50-21-12-19-43-42-18-9-10-22-51(42)60-56(43)50/h3-34H,1-2H3. The fourth-order valence-electron chi connectivity index (χ4n) is 10.6. The van der Waals surface area contributed by atoms with Crippen LogP contribution in [0.1, 0.15) is 25.0 Å². The number of fused-ring (bicyclic) bond motifs is 3. The molecule has 0 unspecified atom stereocenters. The molecule has 12 aromatic rings. The van der Waals surface area contributed by atoms with E-state index in [9.17, 15) is 0 Å². The van der Waals surface area contributed by atoms with Gasteiger partial charge in [-0.3, -0.25) is 0 Å². The van der Waals surface area contributed by atoms with Gasteiger partial charge in [0.25, 0.3) is 0 Å². The molecule has 60 heavy (non-hydrogen) atoms. The molecule has 0 spiro atoms. The van der Waals surface area contributed by atoms with Crippen molar-refractivity contribution in [3.8, 4) is 0 Å². The minimum absolute atomic E-state index is 0.121. The zero-order valence-corrected chi connectivity index (χ0v) is 34.1. The quantitative estimate of drug-likeness (QED) is 0.155. The first kappa shape index (κ1) is 33.7. The molecule has 0 N–H and O–H groups in total. The number of para-hydroxylation sites is 2. The van der Waals surface area contributed by atoms with Gasteiger partial charge in [0.05, 0.1) is 21.8 Å². The maximum Gasteiger partial charge on any atom is 0.0640 e. The first-order chi connectivity index (χ1) is 29.5. The van der Waals surface area contributed by atoms with Crippen LogP contribution in [0.15, 0.2) is 194 Å². The van der Waals surface area contributed by atoms with Gasteiger partial charge in [-0.05, 0) is 115 Å². The summed E-state index contributed by atoms with van der Waals surface area (Å²) >= 11 is 1.88. The van der Waals surface area contributed by atoms with Gasteiger partial charge >= 0.3 is 0 Å². The Morgan fingerprint density at radius 1 is 0.350 bits per heavy atom. The van der Waals surface area contributed by atoms with Gasteiger partial charge in [0, 0.05) is 48.7 Å². The normalized spacial score (nSPS) is 13.3. The van der Waals surface area contributed by atoms with Gasteiger partial charge in [-0.15, -0.1) is 11.3 Å². The third-order valence-electron chi connectivity index (χ3n) is 13.3. The first-order valence-corrected chi connectivity index (χ1v) is 21.7. The Kier molecular flexibility index (Phi) is 6.98. The number of hydrogen-bond acceptors (Lipinski definition) is 3. The Hall–Kier alpha value is -7.20. The molecule has 0 atom stereocenters. The Morgan fingerprint density at radius 3 is 1.63 bits per heavy atom. The highest BCUT2D eigenvalue weighted by Gasteiger charge is 2.35. The number of nitrogens with zero attached hydrogens (tertiary/aromatic N) is 2. The molecule has 0 aliphatic heterocycles. The van der Waals surface area contributed by atoms with Crippen molar-refractivity contribution in [2.75, 3.05) is 9.80 Å². The molecular formula is C57H38N2S. The Bertz CT molecular complexity index is 3700. The highest BCUT2D eigenvalue weighted by Crippen LogP contribution is 2.53. The summed E-state index contributed by atoms with van der Waals surface area (Å²) < 4.78 is 2.60. The van der Waals surface area contributed by atoms with Crippen molar-refractivity contribution in [3.63, 3.8) is 0 Å². The van der Waals surface area contributed by atoms with Crippen molar-refractivity contribution < 1.29 is 0 Å². The molecule has 3 heteroatoms. The van der Waals surface area contributed by atoms with Crippen LogP contribution in [0, 0.1) is 0 Å². The first-order valence-electron chi connectivity index (χ1n) is 20.8. The summed E-state index contributed by atoms with van der Waals surface area (Å²) in [7, 11) is 0. The van der Waals surface area contributed by atoms with Crippen LogP contribution in [0.5, 0.6) is 0 Å². The van der Waals surface area contributed by atoms with Gasteiger partial charge in [-0.2, -0.15) is 0 Å². The van der Waals surface area contributed by atoms with E-state index in [1.165, 1.54) is 108 Å². The predicted molar refractivity (Wildman–Crippen MR) is 260 cm³/mol. The smallest absolute Gasteiger partial charge is 0.0640 e. The van der Waals surface area contributed by atoms with Crippen molar-refractivity contribution in [1.29, 1.82) is 0 Å². The summed E-state index contributed by atoms with van der Waals surface area (Å²) in [6.07, 6.45) is 0. The Morgan fingerprint density at radius 2 is 0.900 bits per heavy atom. The SMILES string of the molecule is CC1(C)c2cccc3ccc4cc(N(c5ccccc5)c5ccc6ccc7c(N(c8ccccc8)c8cccc9c8sc8ccccc89)ccc8ccc5c6c87)cc1c4c23. The van der Waals surface area contributed by atoms with Crippen LogP contribution >= 0.6 is 11.3 Å². The second-order valence-electron chi connectivity index (χ2n) is 16.9. The maximum atomic E-state index is 2.49. The zero-order chi connectivity index (χ0) is 39.7. The van der Waals surface area contributed by atoms with Crippen molar-refractivity contribution in [2.24, 2.45) is 0 Å². The van der Waals surface area contributed by atoms with Gasteiger partial charge in [0.1, 0.15) is 0 Å². The molecule has 0 bridgehead atoms. The molecule has 0 radical (unpaired) electrons. The second-order valence-corrected chi connectivity index (χ2v) is 17.9. The van der Waals surface area contributed by atoms with E-state index in [4.69, 9.17) is 0 Å². The van der Waals surface area contributed by atoms with Gasteiger partial charge in [-0.25, -0.2) is 0 Å². The van der Waals surface area contributed by atoms with E-state index in [1.807, 2.05) is 11.3 Å². The minimum atomic E-state index is -0.121. The fourth-order valence-corrected chi connectivity index (χ4v) is 11.8. The van der Waals surface area contributed by atoms with E-state index in [0.717, 1.165) is 11.4 Å². The highest BCUT2D eigenvalue weighted by atomic mass is 32.1. The van der Waals surface area contributed by atoms with E-state index in [-0.39, 0.29) is 5.41 Å². The lowest BCUT2D eigenvalue weighted by molar-refractivity contribution is 0.663. The van der Waals surface area contributed by atoms with Crippen LogP contribution in [0.2, 0.25) is 0 Å². The maximum absolute atomic E-state index is 2.49. The van der Waals surface area contributed by atoms with E-state index in [2.05, 4.69) is 218 Å². The third-order valence-corrected chi connectivity index (χ3v) is 14.5. The number of thiophene rings is 1. The third kappa shape index (κ3) is 4.64. The van der Waals surface area contributed by atoms with Crippen LogP contribution in [0.25, 0.3) is 74.0 Å². The Balaban J connectivity index is 1.07. The minimum Gasteiger partial charge on any atom is -0.310 e. The van der Waals surface area contributed by atoms with Gasteiger partial charge in [-0.1, -0.05) is 147 Å². The molecule has 1 aromatic heterocycles. The molecule has 1 heterocycles. The molecule has 0 saturated heterocycles. The molecule has 13 rings (SSSR count). The zero-order valence-electron chi connectivity index (χ0n) is 33.3. The van der Waals surface area contributed by atoms with Crippen LogP contribution in [0.3, 0.4) is 0 Å². The number of benzene rings is 11. The van der Waals surface area contributed by atoms with Crippen molar-refractivity contribution in [1.82, 2.24) is 0 Å². The Labute approximate surface area is 352 Å². The summed E-state index contributed by atoms with van der Waals surface area (Å²) in [4.78, 5) is 4.97. The average Bonchev–Trinajstić information content (AvgIpc) is 3.79. The van der Waals surface area contributed by atoms with E-state index < -0.39 is 0 Å². The van der Waals surface area contributed by atoms with E-state index in [1.54, 1.807) is 0 Å². The van der Waals surface area contributed by atoms with Crippen LogP contribution < -0.4 is 9.80 Å². The molecule has 0 amide bonds. The van der Waals surface area contributed by atoms with Gasteiger partial charge < -0.3 is 9.80 Å². The lowest BCUT2D eigenvalue weighted by atomic mass is 9.81. The molecular weight excluding hydrogens is 745 g/mol. The lowest BCUT2D eigenvalue weighted by Gasteiger charge is -2.30. The topological polar surface area (TPSA) is 6.48 Å². The molecule has 1 aliphatic rings. The molecule has 0 saturated carbocycles. The van der Waals surface area contributed by atoms with Crippen LogP contribution in [-0.4, -0.2) is 0 Å². The van der Waals surface area contributed by atoms with Gasteiger partial charge in [0.2, 0.25) is 0 Å². The average molecular weight is 783 g/mol. The largest absolute Gasteiger partial charge is 0.310 e. The summed E-state index contributed by atoms with van der Waals surface area (Å²) in [5.74, 6) is 0. The summed E-state index contributed by atoms with van der Waals surface area (Å²) in [5.41, 5.74) is 9.66. The summed E-state index contributed by atoms with van der Waals surface area (Å²) in [6, 6.07) is 72.3. The van der Waals surface area contributed by atoms with Crippen molar-refractivity contribution >= 4 is 119 Å². The van der Waals surface area contributed by atoms with E-state index in [0.29, 0.717) is 0 Å². The van der Waals surface area contributed by atoms with Crippen molar-refractivity contribution in [3.05, 3.63) is 205 Å². The van der Waals surface area contributed by atoms with Crippen LogP contribution in [0.4, 0.5) is 34.1 Å². The molecule has 2 nitrogen and oxygen atoms in total. The second kappa shape index (κ2) is 12.4. The van der Waals surface area contributed by atoms with Crippen LogP contribution in [-0.2, 0) is 5.41 Å². The molecule has 282 valence electrons. The predicted octanol–water partition coefficient (Wildman–Crippen LogP) is 16.8. The highest BCUT2D eigenvalue weighted by molar-refractivity contribution is 7.26. The lowest BCUT2D eigenvalue weighted by Crippen LogP contribution is -2.17. The molecule has 1 aliphatic carbocycles. The van der Waals surface area contributed by atoms with E-state index >= 15 is 0 Å². The monoisotopic (exact) mass is 782 g/mol. The number of anilines is 6. The summed E-state index contributed by atoms with van der Waals surface area (Å²) in [5, 5.41) is 15.5. The molecule has 11 aromatic carbocycles. The number of rotatable bonds is 6. The number of hydrogen-bond donors (Lipinski definition) is 0. The van der Waals surface area contributed by atoms with Crippen molar-refractivity contribution in [2.45, 2.75) is 19.3 Å². The molecule has 0 fully saturated rings. The fraction of sp³-hybridized carbons (Fsp3) is 0.0526. The summed E-state index contributed by atoms with van der Waals surface area (Å²) in [6.45, 7) is 4.78.